The first-order valence-corrected chi connectivity index (χ1v) is 5.04. The average molecular weight is 216 g/mol. The van der Waals surface area contributed by atoms with Gasteiger partial charge in [-0.3, -0.25) is 0 Å². The summed E-state index contributed by atoms with van der Waals surface area (Å²) in [5.74, 6) is 0.173. The first kappa shape index (κ1) is 12.1. The molecule has 0 saturated carbocycles. The third kappa shape index (κ3) is 2.52. The topological polar surface area (TPSA) is 0 Å². The first-order chi connectivity index (χ1) is 6.88. The largest absolute Gasteiger partial charge is 0.416 e. The minimum Gasteiger partial charge on any atom is -0.166 e. The van der Waals surface area contributed by atoms with Crippen LogP contribution in [0.2, 0.25) is 0 Å². The van der Waals surface area contributed by atoms with Gasteiger partial charge >= 0.3 is 6.18 Å². The van der Waals surface area contributed by atoms with Crippen LogP contribution in [0.5, 0.6) is 0 Å². The summed E-state index contributed by atoms with van der Waals surface area (Å²) in [4.78, 5) is 0. The van der Waals surface area contributed by atoms with E-state index in [4.69, 9.17) is 0 Å². The lowest BCUT2D eigenvalue weighted by atomic mass is 9.91. The summed E-state index contributed by atoms with van der Waals surface area (Å²) in [7, 11) is 0. The Morgan fingerprint density at radius 2 is 1.87 bits per heavy atom. The highest BCUT2D eigenvalue weighted by Crippen LogP contribution is 2.35. The van der Waals surface area contributed by atoms with Crippen LogP contribution in [0.1, 0.15) is 42.9 Å². The standard InChI is InChI=1S/C12H15F3/c1-4-8(2)10-6-5-7-11(9(10)3)12(13,14)15/h5-8H,4H2,1-3H3/t8-/m0/s1. The number of rotatable bonds is 2. The van der Waals surface area contributed by atoms with E-state index >= 15 is 0 Å². The smallest absolute Gasteiger partial charge is 0.166 e. The highest BCUT2D eigenvalue weighted by atomic mass is 19.4. The maximum absolute atomic E-state index is 12.6. The van der Waals surface area contributed by atoms with E-state index in [1.54, 1.807) is 13.0 Å². The van der Waals surface area contributed by atoms with Crippen molar-refractivity contribution in [3.63, 3.8) is 0 Å². The van der Waals surface area contributed by atoms with E-state index in [2.05, 4.69) is 0 Å². The monoisotopic (exact) mass is 216 g/mol. The van der Waals surface area contributed by atoms with Crippen LogP contribution in [0.25, 0.3) is 0 Å². The van der Waals surface area contributed by atoms with Crippen LogP contribution in [-0.4, -0.2) is 0 Å². The Bertz CT molecular complexity index is 339. The van der Waals surface area contributed by atoms with Crippen LogP contribution in [0, 0.1) is 6.92 Å². The highest BCUT2D eigenvalue weighted by Gasteiger charge is 2.33. The van der Waals surface area contributed by atoms with Crippen LogP contribution in [0.3, 0.4) is 0 Å². The minimum absolute atomic E-state index is 0.173. The Morgan fingerprint density at radius 3 is 2.33 bits per heavy atom. The Balaban J connectivity index is 3.23. The van der Waals surface area contributed by atoms with Crippen molar-refractivity contribution in [2.45, 2.75) is 39.3 Å². The van der Waals surface area contributed by atoms with E-state index in [-0.39, 0.29) is 5.92 Å². The summed E-state index contributed by atoms with van der Waals surface area (Å²) in [5.41, 5.74) is 0.645. The van der Waals surface area contributed by atoms with E-state index in [0.717, 1.165) is 18.1 Å². The van der Waals surface area contributed by atoms with Gasteiger partial charge in [0.2, 0.25) is 0 Å². The molecule has 0 amide bonds. The third-order valence-corrected chi connectivity index (χ3v) is 2.82. The predicted octanol–water partition coefficient (Wildman–Crippen LogP) is 4.53. The lowest BCUT2D eigenvalue weighted by Crippen LogP contribution is -2.09. The number of benzene rings is 1. The number of alkyl halides is 3. The fourth-order valence-electron chi connectivity index (χ4n) is 1.71. The normalized spacial score (nSPS) is 14.0. The summed E-state index contributed by atoms with van der Waals surface area (Å²) < 4.78 is 37.8. The zero-order chi connectivity index (χ0) is 11.6. The maximum Gasteiger partial charge on any atom is 0.416 e. The van der Waals surface area contributed by atoms with Gasteiger partial charge in [0.05, 0.1) is 5.56 Å². The molecule has 0 unspecified atom stereocenters. The molecule has 0 bridgehead atoms. The zero-order valence-corrected chi connectivity index (χ0v) is 9.15. The highest BCUT2D eigenvalue weighted by molar-refractivity contribution is 5.37. The summed E-state index contributed by atoms with van der Waals surface area (Å²) in [6.07, 6.45) is -3.39. The molecule has 0 heterocycles. The molecule has 1 atom stereocenters. The molecule has 0 radical (unpaired) electrons. The van der Waals surface area contributed by atoms with Gasteiger partial charge in [-0.05, 0) is 36.5 Å². The van der Waals surface area contributed by atoms with Crippen molar-refractivity contribution in [2.24, 2.45) is 0 Å². The molecule has 0 aromatic heterocycles. The van der Waals surface area contributed by atoms with Crippen molar-refractivity contribution in [3.05, 3.63) is 34.9 Å². The van der Waals surface area contributed by atoms with E-state index in [0.29, 0.717) is 5.56 Å². The minimum atomic E-state index is -4.24. The van der Waals surface area contributed by atoms with Gasteiger partial charge in [-0.15, -0.1) is 0 Å². The van der Waals surface area contributed by atoms with Gasteiger partial charge in [0.25, 0.3) is 0 Å². The second kappa shape index (κ2) is 4.25. The number of hydrogen-bond acceptors (Lipinski definition) is 0. The molecule has 0 spiro atoms. The molecular formula is C12H15F3. The van der Waals surface area contributed by atoms with Gasteiger partial charge in [-0.25, -0.2) is 0 Å². The molecule has 0 N–H and O–H groups in total. The second-order valence-electron chi connectivity index (χ2n) is 3.83. The fourth-order valence-corrected chi connectivity index (χ4v) is 1.71. The SMILES string of the molecule is CC[C@H](C)c1cccc(C(F)(F)F)c1C. The Kier molecular flexibility index (Phi) is 3.42. The molecular weight excluding hydrogens is 201 g/mol. The van der Waals surface area contributed by atoms with Gasteiger partial charge < -0.3 is 0 Å². The van der Waals surface area contributed by atoms with Crippen LogP contribution in [-0.2, 0) is 6.18 Å². The van der Waals surface area contributed by atoms with Crippen LogP contribution >= 0.6 is 0 Å². The van der Waals surface area contributed by atoms with Crippen LogP contribution < -0.4 is 0 Å². The average Bonchev–Trinajstić information content (AvgIpc) is 2.15. The van der Waals surface area contributed by atoms with Gasteiger partial charge in [-0.2, -0.15) is 13.2 Å². The summed E-state index contributed by atoms with van der Waals surface area (Å²) in [5, 5.41) is 0. The molecule has 0 nitrogen and oxygen atoms in total. The first-order valence-electron chi connectivity index (χ1n) is 5.04. The Labute approximate surface area is 88.1 Å². The quantitative estimate of drug-likeness (QED) is 0.681. The lowest BCUT2D eigenvalue weighted by molar-refractivity contribution is -0.138. The molecule has 0 fully saturated rings. The zero-order valence-electron chi connectivity index (χ0n) is 9.15. The second-order valence-corrected chi connectivity index (χ2v) is 3.83. The van der Waals surface area contributed by atoms with E-state index < -0.39 is 11.7 Å². The lowest BCUT2D eigenvalue weighted by Gasteiger charge is -2.17. The summed E-state index contributed by atoms with van der Waals surface area (Å²) in [6.45, 7) is 5.47. The van der Waals surface area contributed by atoms with Crippen molar-refractivity contribution in [3.8, 4) is 0 Å². The van der Waals surface area contributed by atoms with Crippen molar-refractivity contribution in [1.82, 2.24) is 0 Å². The Morgan fingerprint density at radius 1 is 1.27 bits per heavy atom. The fraction of sp³-hybridized carbons (Fsp3) is 0.500. The summed E-state index contributed by atoms with van der Waals surface area (Å²) in [6, 6.07) is 4.40. The molecule has 0 aliphatic heterocycles. The van der Waals surface area contributed by atoms with Gasteiger partial charge in [0.15, 0.2) is 0 Å². The molecule has 84 valence electrons. The molecule has 0 aliphatic rings. The van der Waals surface area contributed by atoms with Crippen molar-refractivity contribution >= 4 is 0 Å². The maximum atomic E-state index is 12.6. The molecule has 0 saturated heterocycles. The van der Waals surface area contributed by atoms with Crippen molar-refractivity contribution in [2.75, 3.05) is 0 Å². The van der Waals surface area contributed by atoms with Gasteiger partial charge in [-0.1, -0.05) is 26.0 Å². The summed E-state index contributed by atoms with van der Waals surface area (Å²) >= 11 is 0. The molecule has 0 aliphatic carbocycles. The number of halogens is 3. The molecule has 15 heavy (non-hydrogen) atoms. The van der Waals surface area contributed by atoms with Crippen LogP contribution in [0.4, 0.5) is 13.2 Å². The molecule has 3 heteroatoms. The van der Waals surface area contributed by atoms with E-state index in [1.165, 1.54) is 6.07 Å². The molecule has 1 rings (SSSR count). The molecule has 1 aromatic carbocycles. The third-order valence-electron chi connectivity index (χ3n) is 2.82. The number of hydrogen-bond donors (Lipinski definition) is 0. The van der Waals surface area contributed by atoms with Gasteiger partial charge in [0.1, 0.15) is 0 Å². The van der Waals surface area contributed by atoms with Gasteiger partial charge in [0, 0.05) is 0 Å². The molecule has 1 aromatic rings. The van der Waals surface area contributed by atoms with Crippen LogP contribution in [0.15, 0.2) is 18.2 Å². The van der Waals surface area contributed by atoms with E-state index in [9.17, 15) is 13.2 Å². The van der Waals surface area contributed by atoms with Crippen molar-refractivity contribution < 1.29 is 13.2 Å². The predicted molar refractivity (Wildman–Crippen MR) is 54.9 cm³/mol. The van der Waals surface area contributed by atoms with Crippen molar-refractivity contribution in [1.29, 1.82) is 0 Å². The van der Waals surface area contributed by atoms with E-state index in [1.807, 2.05) is 13.8 Å². The Hall–Kier alpha value is -0.990.